The lowest BCUT2D eigenvalue weighted by Gasteiger charge is -2.58. The van der Waals surface area contributed by atoms with Crippen LogP contribution in [0.2, 0.25) is 0 Å². The molecule has 3 aliphatic heterocycles. The number of nitrogens with zero attached hydrogens (tertiary/aromatic N) is 2. The predicted octanol–water partition coefficient (Wildman–Crippen LogP) is 8.31. The number of aliphatic hydroxyl groups excluding tert-OH is 1. The molecule has 0 aliphatic carbocycles. The van der Waals surface area contributed by atoms with Crippen molar-refractivity contribution in [3.8, 4) is 0 Å². The Morgan fingerprint density at radius 3 is 2.37 bits per heavy atom. The van der Waals surface area contributed by atoms with Crippen molar-refractivity contribution in [3.05, 3.63) is 125 Å². The highest BCUT2D eigenvalue weighted by Crippen LogP contribution is 2.48. The summed E-state index contributed by atoms with van der Waals surface area (Å²) in [5.74, 6) is -0.597. The fourth-order valence-electron chi connectivity index (χ4n) is 7.88. The highest BCUT2D eigenvalue weighted by Gasteiger charge is 2.54. The molecule has 0 amide bonds. The molecule has 4 aromatic rings. The second kappa shape index (κ2) is 11.8. The molecule has 2 bridgehead atoms. The van der Waals surface area contributed by atoms with Crippen LogP contribution in [0.4, 0.5) is 30.7 Å². The largest absolute Gasteiger partial charge is 0.416 e. The van der Waals surface area contributed by atoms with Crippen molar-refractivity contribution < 1.29 is 44.9 Å². The Kier molecular flexibility index (Phi) is 8.26. The molecule has 46 heavy (non-hydrogen) atoms. The first-order chi connectivity index (χ1) is 21.7. The molecule has 3 nitrogen and oxygen atoms in total. The van der Waals surface area contributed by atoms with Gasteiger partial charge in [0.1, 0.15) is 24.5 Å². The van der Waals surface area contributed by atoms with Gasteiger partial charge in [-0.15, -0.1) is 6.58 Å². The number of piperidine rings is 3. The topological polar surface area (TPSA) is 24.1 Å². The molecule has 3 aromatic carbocycles. The molecule has 0 radical (unpaired) electrons. The number of aromatic nitrogens is 1. The van der Waals surface area contributed by atoms with Crippen LogP contribution in [0.1, 0.15) is 52.3 Å². The van der Waals surface area contributed by atoms with Gasteiger partial charge in [0.15, 0.2) is 12.7 Å². The summed E-state index contributed by atoms with van der Waals surface area (Å²) in [6.07, 6.45) is -5.10. The molecule has 3 aliphatic rings. The summed E-state index contributed by atoms with van der Waals surface area (Å²) >= 11 is 0. The van der Waals surface area contributed by atoms with Crippen LogP contribution in [0.5, 0.6) is 0 Å². The first-order valence-electron chi connectivity index (χ1n) is 15.3. The Balaban J connectivity index is 1.38. The average Bonchev–Trinajstić information content (AvgIpc) is 2.99. The molecule has 3 fully saturated rings. The van der Waals surface area contributed by atoms with Crippen LogP contribution in [-0.2, 0) is 25.4 Å². The van der Waals surface area contributed by atoms with Crippen molar-refractivity contribution >= 4 is 10.9 Å². The molecule has 4 unspecified atom stereocenters. The molecule has 0 saturated carbocycles. The minimum absolute atomic E-state index is 0.110. The lowest BCUT2D eigenvalue weighted by Crippen LogP contribution is -2.67. The second-order valence-corrected chi connectivity index (χ2v) is 12.9. The molecule has 3 saturated heterocycles. The molecule has 10 heteroatoms. The van der Waals surface area contributed by atoms with Crippen molar-refractivity contribution in [1.29, 1.82) is 0 Å². The fraction of sp³-hybridized carbons (Fsp3) is 0.361. The number of quaternary nitrogens is 1. The van der Waals surface area contributed by atoms with Crippen molar-refractivity contribution in [3.63, 3.8) is 0 Å². The van der Waals surface area contributed by atoms with E-state index in [0.717, 1.165) is 41.6 Å². The van der Waals surface area contributed by atoms with Crippen LogP contribution in [0.3, 0.4) is 0 Å². The molecule has 0 spiro atoms. The highest BCUT2D eigenvalue weighted by molar-refractivity contribution is 5.79. The highest BCUT2D eigenvalue weighted by atomic mass is 19.4. The standard InChI is InChI=1S/C36H35F7N2O/c1-3-25-21-45(20-24-15-28(36(41,42)43)18-29(37)16-24)11-9-26(25)17-33(45)34(46)31-8-10-44(32-7-5-4-6-30(31)32)19-23-12-22(2)13-27(14-23)35(38,39)40/h3-8,10,12-16,18,25-26,33-34,46H,1,9,11,17,19-21H2,2H3/q+2/t25?,26?,33?,34-,45?/m1/s1. The molecular formula is C36H35F7N2O+2. The van der Waals surface area contributed by atoms with E-state index in [2.05, 4.69) is 6.58 Å². The van der Waals surface area contributed by atoms with Gasteiger partial charge in [-0.1, -0.05) is 23.8 Å². The number of hydrogen-bond donors (Lipinski definition) is 1. The molecule has 4 heterocycles. The summed E-state index contributed by atoms with van der Waals surface area (Å²) in [4.78, 5) is 0. The van der Waals surface area contributed by atoms with Crippen LogP contribution >= 0.6 is 0 Å². The van der Waals surface area contributed by atoms with Gasteiger partial charge in [0.05, 0.1) is 29.6 Å². The number of pyridine rings is 1. The van der Waals surface area contributed by atoms with Gasteiger partial charge in [-0.25, -0.2) is 4.39 Å². The summed E-state index contributed by atoms with van der Waals surface area (Å²) < 4.78 is 97.9. The van der Waals surface area contributed by atoms with Gasteiger partial charge in [0, 0.05) is 47.6 Å². The maximum atomic E-state index is 14.5. The summed E-state index contributed by atoms with van der Waals surface area (Å²) in [5.41, 5.74) is 0.802. The number of para-hydroxylation sites is 1. The number of aryl methyl sites for hydroxylation is 1. The van der Waals surface area contributed by atoms with E-state index in [9.17, 15) is 35.8 Å². The van der Waals surface area contributed by atoms with E-state index in [1.54, 1.807) is 25.3 Å². The van der Waals surface area contributed by atoms with Gasteiger partial charge in [-0.3, -0.25) is 0 Å². The normalized spacial score (nSPS) is 23.9. The molecule has 5 atom stereocenters. The first kappa shape index (κ1) is 32.2. The lowest BCUT2D eigenvalue weighted by atomic mass is 9.71. The van der Waals surface area contributed by atoms with Crippen LogP contribution in [0.15, 0.2) is 85.6 Å². The van der Waals surface area contributed by atoms with Gasteiger partial charge < -0.3 is 9.59 Å². The Morgan fingerprint density at radius 1 is 0.957 bits per heavy atom. The van der Waals surface area contributed by atoms with Gasteiger partial charge in [-0.2, -0.15) is 30.9 Å². The number of aliphatic hydroxyl groups is 1. The van der Waals surface area contributed by atoms with Crippen molar-refractivity contribution in [2.45, 2.75) is 57.4 Å². The first-order valence-corrected chi connectivity index (χ1v) is 15.3. The van der Waals surface area contributed by atoms with E-state index in [4.69, 9.17) is 0 Å². The molecule has 1 N–H and O–H groups in total. The number of fused-ring (bicyclic) bond motifs is 4. The summed E-state index contributed by atoms with van der Waals surface area (Å²) in [7, 11) is 0. The van der Waals surface area contributed by atoms with Gasteiger partial charge >= 0.3 is 12.4 Å². The van der Waals surface area contributed by atoms with E-state index in [1.807, 2.05) is 34.9 Å². The minimum atomic E-state index is -4.70. The van der Waals surface area contributed by atoms with Crippen molar-refractivity contribution in [1.82, 2.24) is 0 Å². The zero-order valence-electron chi connectivity index (χ0n) is 25.3. The Labute approximate surface area is 262 Å². The maximum absolute atomic E-state index is 14.5. The quantitative estimate of drug-likeness (QED) is 0.0931. The Hall–Kier alpha value is -3.76. The van der Waals surface area contributed by atoms with Crippen LogP contribution in [0.25, 0.3) is 10.9 Å². The second-order valence-electron chi connectivity index (χ2n) is 12.9. The fourth-order valence-corrected chi connectivity index (χ4v) is 7.88. The third-order valence-corrected chi connectivity index (χ3v) is 9.92. The molecular weight excluding hydrogens is 609 g/mol. The van der Waals surface area contributed by atoms with E-state index in [1.165, 1.54) is 0 Å². The smallest absolute Gasteiger partial charge is 0.382 e. The third-order valence-electron chi connectivity index (χ3n) is 9.92. The maximum Gasteiger partial charge on any atom is 0.416 e. The number of alkyl halides is 6. The summed E-state index contributed by atoms with van der Waals surface area (Å²) in [6, 6.07) is 15.4. The van der Waals surface area contributed by atoms with Gasteiger partial charge in [0.25, 0.3) is 0 Å². The third kappa shape index (κ3) is 6.17. The van der Waals surface area contributed by atoms with Crippen molar-refractivity contribution in [2.24, 2.45) is 11.8 Å². The van der Waals surface area contributed by atoms with Crippen LogP contribution in [-0.4, -0.2) is 28.7 Å². The predicted molar refractivity (Wildman–Crippen MR) is 160 cm³/mol. The summed E-state index contributed by atoms with van der Waals surface area (Å²) in [6.45, 7) is 7.10. The number of hydrogen-bond acceptors (Lipinski definition) is 1. The number of rotatable bonds is 7. The Morgan fingerprint density at radius 2 is 1.65 bits per heavy atom. The zero-order valence-corrected chi connectivity index (χ0v) is 25.3. The van der Waals surface area contributed by atoms with E-state index in [-0.39, 0.29) is 36.5 Å². The monoisotopic (exact) mass is 644 g/mol. The molecule has 7 rings (SSSR count). The lowest BCUT2D eigenvalue weighted by molar-refractivity contribution is -0.985. The minimum Gasteiger partial charge on any atom is -0.382 e. The Bertz CT molecular complexity index is 1780. The van der Waals surface area contributed by atoms with Crippen LogP contribution in [0, 0.1) is 24.6 Å². The molecule has 242 valence electrons. The SMILES string of the molecule is C=CC1C[N+]2(Cc3cc(F)cc(C(F)(F)F)c3)CCC1CC2[C@H](O)c1cc[n+](Cc2cc(C)cc(C(F)(F)F)c2)c2ccccc12. The van der Waals surface area contributed by atoms with E-state index in [0.29, 0.717) is 46.8 Å². The molecule has 1 aromatic heterocycles. The van der Waals surface area contributed by atoms with Crippen LogP contribution < -0.4 is 4.57 Å². The van der Waals surface area contributed by atoms with E-state index < -0.39 is 35.4 Å². The number of halogens is 7. The number of benzene rings is 3. The summed E-state index contributed by atoms with van der Waals surface area (Å²) in [5, 5.41) is 12.8. The van der Waals surface area contributed by atoms with E-state index >= 15 is 0 Å². The zero-order chi connectivity index (χ0) is 33.0. The van der Waals surface area contributed by atoms with Crippen molar-refractivity contribution in [2.75, 3.05) is 13.1 Å². The average molecular weight is 645 g/mol. The van der Waals surface area contributed by atoms with Gasteiger partial charge in [0.2, 0.25) is 5.52 Å². The van der Waals surface area contributed by atoms with Gasteiger partial charge in [-0.05, 0) is 55.3 Å².